The maximum atomic E-state index is 12.5. The zero-order chi connectivity index (χ0) is 18.7. The lowest BCUT2D eigenvalue weighted by Crippen LogP contribution is -2.42. The van der Waals surface area contributed by atoms with Gasteiger partial charge in [0.05, 0.1) is 9.79 Å². The number of nitrogens with one attached hydrogen (secondary N) is 1. The second kappa shape index (κ2) is 8.20. The van der Waals surface area contributed by atoms with Gasteiger partial charge in [-0.3, -0.25) is 4.90 Å². The maximum absolute atomic E-state index is 12.5. The molecule has 0 atom stereocenters. The molecule has 0 heterocycles. The molecule has 25 heavy (non-hydrogen) atoms. The second-order valence-corrected chi connectivity index (χ2v) is 13.6. The molecule has 0 aliphatic heterocycles. The Labute approximate surface area is 172 Å². The first kappa shape index (κ1) is 20.4. The lowest BCUT2D eigenvalue weighted by atomic mass is 10.3. The van der Waals surface area contributed by atoms with Gasteiger partial charge >= 0.3 is 6.03 Å². The fraction of sp³-hybridized carbons (Fsp3) is 0.188. The molecule has 9 heteroatoms. The number of carbonyl (C=O) groups is 1. The van der Waals surface area contributed by atoms with Crippen molar-refractivity contribution < 1.29 is 13.2 Å². The number of anilines is 1. The topological polar surface area (TPSA) is 66.5 Å². The molecule has 0 spiro atoms. The summed E-state index contributed by atoms with van der Waals surface area (Å²) in [5, 5.41) is 2.72. The van der Waals surface area contributed by atoms with Crippen LogP contribution in [0, 0.1) is 0 Å². The van der Waals surface area contributed by atoms with E-state index >= 15 is 0 Å². The zero-order valence-electron chi connectivity index (χ0n) is 13.1. The van der Waals surface area contributed by atoms with Gasteiger partial charge in [-0.25, -0.2) is 13.2 Å². The van der Waals surface area contributed by atoms with Gasteiger partial charge in [-0.1, -0.05) is 18.2 Å². The minimum atomic E-state index is -3.57. The average molecular weight is 555 g/mol. The highest BCUT2D eigenvalue weighted by Gasteiger charge is 2.30. The van der Waals surface area contributed by atoms with Crippen molar-refractivity contribution >= 4 is 69.3 Å². The monoisotopic (exact) mass is 552 g/mol. The lowest BCUT2D eigenvalue weighted by molar-refractivity contribution is 0.219. The molecular weight excluding hydrogens is 540 g/mol. The van der Waals surface area contributed by atoms with E-state index in [0.717, 1.165) is 0 Å². The maximum Gasteiger partial charge on any atom is 0.324 e. The Morgan fingerprint density at radius 1 is 1.00 bits per heavy atom. The summed E-state index contributed by atoms with van der Waals surface area (Å²) < 4.78 is 24.2. The Kier molecular flexibility index (Phi) is 6.69. The highest BCUT2D eigenvalue weighted by atomic mass is 80.0. The van der Waals surface area contributed by atoms with Crippen molar-refractivity contribution in [3.05, 3.63) is 54.6 Å². The van der Waals surface area contributed by atoms with E-state index in [1.807, 2.05) is 6.92 Å². The van der Waals surface area contributed by atoms with Crippen molar-refractivity contribution in [2.75, 3.05) is 11.9 Å². The van der Waals surface area contributed by atoms with Crippen molar-refractivity contribution in [2.24, 2.45) is 0 Å². The van der Waals surface area contributed by atoms with E-state index in [-0.39, 0.29) is 15.8 Å². The minimum absolute atomic E-state index is 0.167. The average Bonchev–Trinajstić information content (AvgIpc) is 2.55. The van der Waals surface area contributed by atoms with Crippen LogP contribution in [0.25, 0.3) is 0 Å². The normalized spacial score (nSPS) is 11.8. The predicted molar refractivity (Wildman–Crippen MR) is 109 cm³/mol. The van der Waals surface area contributed by atoms with E-state index < -0.39 is 12.1 Å². The van der Waals surface area contributed by atoms with Gasteiger partial charge in [0.15, 0.2) is 0 Å². The number of halogens is 3. The summed E-state index contributed by atoms with van der Waals surface area (Å²) in [7, 11) is -3.57. The number of hydrogen-bond donors (Lipinski definition) is 1. The molecule has 134 valence electrons. The fourth-order valence-electron chi connectivity index (χ4n) is 2.08. The molecule has 0 bridgehead atoms. The van der Waals surface area contributed by atoms with E-state index in [1.165, 1.54) is 17.0 Å². The first-order valence-electron chi connectivity index (χ1n) is 7.22. The highest BCUT2D eigenvalue weighted by molar-refractivity contribution is 9.39. The number of carbonyl (C=O) groups excluding carboxylic acids is 1. The molecule has 1 N–H and O–H groups in total. The molecule has 0 unspecified atom stereocenters. The summed E-state index contributed by atoms with van der Waals surface area (Å²) in [6.45, 7) is 2.27. The summed E-state index contributed by atoms with van der Waals surface area (Å²) in [4.78, 5) is 14.2. The van der Waals surface area contributed by atoms with Crippen molar-refractivity contribution in [3.63, 3.8) is 0 Å². The number of sulfone groups is 1. The standard InChI is InChI=1S/C16H15Br3N2O3S/c1-2-21(16(17,18)19)15(22)20-12-8-10-14(11-9-12)25(23,24)13-6-4-3-5-7-13/h3-11H,2H2,1H3,(H,20,22). The molecule has 0 saturated carbocycles. The third kappa shape index (κ3) is 5.06. The quantitative estimate of drug-likeness (QED) is 0.419. The second-order valence-electron chi connectivity index (χ2n) is 4.98. The van der Waals surface area contributed by atoms with E-state index in [4.69, 9.17) is 0 Å². The first-order chi connectivity index (χ1) is 11.7. The Bertz CT molecular complexity index is 835. The smallest absolute Gasteiger partial charge is 0.308 e. The van der Waals surface area contributed by atoms with Crippen LogP contribution in [0.15, 0.2) is 64.4 Å². The molecule has 0 aliphatic rings. The van der Waals surface area contributed by atoms with Gasteiger partial charge in [-0.15, -0.1) is 0 Å². The van der Waals surface area contributed by atoms with Crippen LogP contribution in [-0.2, 0) is 9.84 Å². The predicted octanol–water partition coefficient (Wildman–Crippen LogP) is 5.17. The van der Waals surface area contributed by atoms with Gasteiger partial charge in [0, 0.05) is 12.2 Å². The van der Waals surface area contributed by atoms with Crippen LogP contribution in [0.1, 0.15) is 6.92 Å². The number of nitrogens with zero attached hydrogens (tertiary/aromatic N) is 1. The van der Waals surface area contributed by atoms with Gasteiger partial charge in [0.2, 0.25) is 12.1 Å². The van der Waals surface area contributed by atoms with Crippen LogP contribution in [0.2, 0.25) is 0 Å². The van der Waals surface area contributed by atoms with Crippen molar-refractivity contribution in [1.82, 2.24) is 4.90 Å². The van der Waals surface area contributed by atoms with Crippen LogP contribution in [0.4, 0.5) is 10.5 Å². The Balaban J connectivity index is 2.19. The Hall–Kier alpha value is -0.900. The number of urea groups is 1. The molecule has 0 radical (unpaired) electrons. The number of amides is 2. The molecule has 0 fully saturated rings. The van der Waals surface area contributed by atoms with E-state index in [0.29, 0.717) is 12.2 Å². The molecule has 0 aromatic heterocycles. The van der Waals surface area contributed by atoms with E-state index in [2.05, 4.69) is 53.1 Å². The third-order valence-electron chi connectivity index (χ3n) is 3.34. The van der Waals surface area contributed by atoms with Crippen LogP contribution in [-0.4, -0.2) is 28.2 Å². The SMILES string of the molecule is CCN(C(=O)Nc1ccc(S(=O)(=O)c2ccccc2)cc1)C(Br)(Br)Br. The van der Waals surface area contributed by atoms with Crippen molar-refractivity contribution in [3.8, 4) is 0 Å². The lowest BCUT2D eigenvalue weighted by Gasteiger charge is -2.29. The summed E-state index contributed by atoms with van der Waals surface area (Å²) in [5.41, 5.74) is 0.493. The van der Waals surface area contributed by atoms with Crippen LogP contribution >= 0.6 is 47.8 Å². The minimum Gasteiger partial charge on any atom is -0.308 e. The van der Waals surface area contributed by atoms with Crippen molar-refractivity contribution in [2.45, 2.75) is 19.0 Å². The largest absolute Gasteiger partial charge is 0.324 e. The Morgan fingerprint density at radius 3 is 2.00 bits per heavy atom. The first-order valence-corrected chi connectivity index (χ1v) is 11.1. The van der Waals surface area contributed by atoms with Crippen LogP contribution in [0.3, 0.4) is 0 Å². The van der Waals surface area contributed by atoms with Crippen molar-refractivity contribution in [1.29, 1.82) is 0 Å². The zero-order valence-corrected chi connectivity index (χ0v) is 18.7. The number of alkyl halides is 3. The number of hydrogen-bond acceptors (Lipinski definition) is 3. The van der Waals surface area contributed by atoms with Gasteiger partial charge in [-0.2, -0.15) is 0 Å². The van der Waals surface area contributed by atoms with Crippen LogP contribution < -0.4 is 5.32 Å². The summed E-state index contributed by atoms with van der Waals surface area (Å²) in [6.07, 6.45) is 0. The molecule has 2 aromatic carbocycles. The van der Waals surface area contributed by atoms with Gasteiger partial charge in [0.1, 0.15) is 0 Å². The van der Waals surface area contributed by atoms with Gasteiger partial charge in [-0.05, 0) is 91.1 Å². The summed E-state index contributed by atoms with van der Waals surface area (Å²) in [5.74, 6) is 0. The molecule has 0 saturated heterocycles. The third-order valence-corrected chi connectivity index (χ3v) is 6.41. The summed E-state index contributed by atoms with van der Waals surface area (Å²) in [6, 6.07) is 13.9. The molecule has 2 amide bonds. The van der Waals surface area contributed by atoms with E-state index in [9.17, 15) is 13.2 Å². The Morgan fingerprint density at radius 2 is 1.52 bits per heavy atom. The van der Waals surface area contributed by atoms with Crippen LogP contribution in [0.5, 0.6) is 0 Å². The molecule has 2 rings (SSSR count). The van der Waals surface area contributed by atoms with E-state index in [1.54, 1.807) is 42.5 Å². The molecule has 2 aromatic rings. The highest BCUT2D eigenvalue weighted by Crippen LogP contribution is 2.37. The summed E-state index contributed by atoms with van der Waals surface area (Å²) >= 11 is 9.91. The number of rotatable bonds is 4. The van der Waals surface area contributed by atoms with Gasteiger partial charge < -0.3 is 5.32 Å². The van der Waals surface area contributed by atoms with Gasteiger partial charge in [0.25, 0.3) is 0 Å². The number of benzene rings is 2. The molecule has 0 aliphatic carbocycles. The fourth-order valence-corrected chi connectivity index (χ4v) is 4.60. The molecular formula is C16H15Br3N2O3S. The molecule has 5 nitrogen and oxygen atoms in total.